The summed E-state index contributed by atoms with van der Waals surface area (Å²) in [5.41, 5.74) is 2.58. The summed E-state index contributed by atoms with van der Waals surface area (Å²) in [4.78, 5) is 28.0. The van der Waals surface area contributed by atoms with Crippen molar-refractivity contribution in [1.82, 2.24) is 10.4 Å². The van der Waals surface area contributed by atoms with E-state index in [1.54, 1.807) is 12.1 Å². The molecule has 0 unspecified atom stereocenters. The fraction of sp³-hybridized carbons (Fsp3) is 0.385. The van der Waals surface area contributed by atoms with Crippen molar-refractivity contribution in [2.24, 2.45) is 0 Å². The highest BCUT2D eigenvalue weighted by Gasteiger charge is 2.11. The number of nitrogens with one attached hydrogen (secondary N) is 1. The van der Waals surface area contributed by atoms with Crippen LogP contribution in [0.5, 0.6) is 0 Å². The van der Waals surface area contributed by atoms with Crippen LogP contribution in [0, 0.1) is 13.8 Å². The SMILES string of the molecule is CON(C)C(=O)CNC(=O)c1cc(C)cc(C)c1. The molecule has 0 saturated heterocycles. The summed E-state index contributed by atoms with van der Waals surface area (Å²) in [6.45, 7) is 3.76. The largest absolute Gasteiger partial charge is 0.343 e. The number of benzene rings is 1. The number of hydrogen-bond acceptors (Lipinski definition) is 3. The Kier molecular flexibility index (Phi) is 4.85. The van der Waals surface area contributed by atoms with Crippen LogP contribution in [0.2, 0.25) is 0 Å². The van der Waals surface area contributed by atoms with Crippen LogP contribution in [0.3, 0.4) is 0 Å². The molecule has 0 aliphatic rings. The lowest BCUT2D eigenvalue weighted by atomic mass is 10.1. The van der Waals surface area contributed by atoms with Crippen LogP contribution in [0.1, 0.15) is 21.5 Å². The quantitative estimate of drug-likeness (QED) is 0.813. The van der Waals surface area contributed by atoms with Crippen molar-refractivity contribution in [3.8, 4) is 0 Å². The van der Waals surface area contributed by atoms with Crippen molar-refractivity contribution in [2.75, 3.05) is 20.7 Å². The number of nitrogens with zero attached hydrogens (tertiary/aromatic N) is 1. The first kappa shape index (κ1) is 14.2. The van der Waals surface area contributed by atoms with Crippen LogP contribution in [0.15, 0.2) is 18.2 Å². The molecule has 1 aromatic rings. The predicted molar refractivity (Wildman–Crippen MR) is 68.0 cm³/mol. The van der Waals surface area contributed by atoms with Crippen LogP contribution in [-0.2, 0) is 9.63 Å². The monoisotopic (exact) mass is 250 g/mol. The van der Waals surface area contributed by atoms with Gasteiger partial charge in [0, 0.05) is 12.6 Å². The van der Waals surface area contributed by atoms with Gasteiger partial charge in [-0.2, -0.15) is 0 Å². The van der Waals surface area contributed by atoms with Crippen LogP contribution < -0.4 is 5.32 Å². The van der Waals surface area contributed by atoms with Gasteiger partial charge in [0.2, 0.25) is 0 Å². The van der Waals surface area contributed by atoms with E-state index in [1.165, 1.54) is 14.2 Å². The van der Waals surface area contributed by atoms with E-state index in [4.69, 9.17) is 4.84 Å². The van der Waals surface area contributed by atoms with E-state index in [0.717, 1.165) is 16.2 Å². The average Bonchev–Trinajstić information content (AvgIpc) is 2.33. The fourth-order valence-corrected chi connectivity index (χ4v) is 1.58. The Labute approximate surface area is 107 Å². The van der Waals surface area contributed by atoms with Gasteiger partial charge in [-0.25, -0.2) is 5.06 Å². The third kappa shape index (κ3) is 3.85. The van der Waals surface area contributed by atoms with Gasteiger partial charge in [0.1, 0.15) is 0 Å². The number of hydroxylamine groups is 2. The zero-order valence-electron chi connectivity index (χ0n) is 11.1. The molecule has 18 heavy (non-hydrogen) atoms. The van der Waals surface area contributed by atoms with E-state index in [0.29, 0.717) is 5.56 Å². The lowest BCUT2D eigenvalue weighted by Crippen LogP contribution is -2.37. The van der Waals surface area contributed by atoms with Crippen molar-refractivity contribution < 1.29 is 14.4 Å². The first-order valence-electron chi connectivity index (χ1n) is 5.61. The minimum absolute atomic E-state index is 0.0871. The number of aryl methyl sites for hydroxylation is 2. The van der Waals surface area contributed by atoms with Crippen molar-refractivity contribution in [3.63, 3.8) is 0 Å². The molecule has 0 aromatic heterocycles. The number of hydrogen-bond donors (Lipinski definition) is 1. The molecule has 0 saturated carbocycles. The van der Waals surface area contributed by atoms with Gasteiger partial charge in [0.25, 0.3) is 11.8 Å². The van der Waals surface area contributed by atoms with Gasteiger partial charge in [-0.05, 0) is 26.0 Å². The first-order chi connectivity index (χ1) is 8.43. The van der Waals surface area contributed by atoms with Crippen molar-refractivity contribution in [1.29, 1.82) is 0 Å². The summed E-state index contributed by atoms with van der Waals surface area (Å²) < 4.78 is 0. The molecule has 0 heterocycles. The molecule has 5 heteroatoms. The molecule has 0 aliphatic carbocycles. The topological polar surface area (TPSA) is 58.6 Å². The Morgan fingerprint density at radius 3 is 2.28 bits per heavy atom. The average molecular weight is 250 g/mol. The van der Waals surface area contributed by atoms with Crippen LogP contribution >= 0.6 is 0 Å². The number of carbonyl (C=O) groups is 2. The number of amides is 2. The smallest absolute Gasteiger partial charge is 0.265 e. The maximum atomic E-state index is 11.8. The predicted octanol–water partition coefficient (Wildman–Crippen LogP) is 1.05. The zero-order valence-corrected chi connectivity index (χ0v) is 11.1. The fourth-order valence-electron chi connectivity index (χ4n) is 1.58. The second-order valence-corrected chi connectivity index (χ2v) is 4.13. The van der Waals surface area contributed by atoms with Crippen LogP contribution in [-0.4, -0.2) is 37.6 Å². The highest BCUT2D eigenvalue weighted by atomic mass is 16.7. The third-order valence-corrected chi connectivity index (χ3v) is 2.51. The van der Waals surface area contributed by atoms with Gasteiger partial charge in [-0.15, -0.1) is 0 Å². The number of rotatable bonds is 4. The van der Waals surface area contributed by atoms with Gasteiger partial charge < -0.3 is 5.32 Å². The minimum Gasteiger partial charge on any atom is -0.343 e. The standard InChI is InChI=1S/C13H18N2O3/c1-9-5-10(2)7-11(6-9)13(17)14-8-12(16)15(3)18-4/h5-7H,8H2,1-4H3,(H,14,17). The van der Waals surface area contributed by atoms with E-state index in [9.17, 15) is 9.59 Å². The Bertz CT molecular complexity index is 437. The number of carbonyl (C=O) groups excluding carboxylic acids is 2. The molecular formula is C13H18N2O3. The molecule has 98 valence electrons. The Hall–Kier alpha value is -1.88. The highest BCUT2D eigenvalue weighted by Crippen LogP contribution is 2.08. The maximum absolute atomic E-state index is 11.8. The molecule has 1 N–H and O–H groups in total. The van der Waals surface area contributed by atoms with Crippen molar-refractivity contribution in [2.45, 2.75) is 13.8 Å². The molecule has 0 aliphatic heterocycles. The summed E-state index contributed by atoms with van der Waals surface area (Å²) in [5.74, 6) is -0.574. The van der Waals surface area contributed by atoms with Gasteiger partial charge in [0.05, 0.1) is 13.7 Å². The van der Waals surface area contributed by atoms with E-state index in [2.05, 4.69) is 5.32 Å². The molecule has 0 atom stereocenters. The molecule has 1 rings (SSSR count). The Balaban J connectivity index is 2.63. The molecule has 0 spiro atoms. The van der Waals surface area contributed by atoms with Gasteiger partial charge >= 0.3 is 0 Å². The highest BCUT2D eigenvalue weighted by molar-refractivity contribution is 5.96. The number of likely N-dealkylation sites (N-methyl/N-ethyl adjacent to an activating group) is 1. The summed E-state index contributed by atoms with van der Waals surface area (Å²) in [5, 5.41) is 3.63. The second-order valence-electron chi connectivity index (χ2n) is 4.13. The van der Waals surface area contributed by atoms with Gasteiger partial charge in [-0.1, -0.05) is 17.2 Å². The summed E-state index contributed by atoms with van der Waals surface area (Å²) in [6, 6.07) is 5.56. The van der Waals surface area contributed by atoms with E-state index >= 15 is 0 Å². The molecule has 0 radical (unpaired) electrons. The normalized spacial score (nSPS) is 10.0. The summed E-state index contributed by atoms with van der Waals surface area (Å²) >= 11 is 0. The Morgan fingerprint density at radius 2 is 1.78 bits per heavy atom. The lowest BCUT2D eigenvalue weighted by molar-refractivity contribution is -0.167. The summed E-state index contributed by atoms with van der Waals surface area (Å²) in [7, 11) is 2.88. The molecule has 2 amide bonds. The molecule has 1 aromatic carbocycles. The Morgan fingerprint density at radius 1 is 1.22 bits per heavy atom. The van der Waals surface area contributed by atoms with Crippen molar-refractivity contribution in [3.05, 3.63) is 34.9 Å². The maximum Gasteiger partial charge on any atom is 0.265 e. The van der Waals surface area contributed by atoms with Crippen LogP contribution in [0.25, 0.3) is 0 Å². The van der Waals surface area contributed by atoms with E-state index in [-0.39, 0.29) is 18.4 Å². The third-order valence-electron chi connectivity index (χ3n) is 2.51. The lowest BCUT2D eigenvalue weighted by Gasteiger charge is -2.14. The van der Waals surface area contributed by atoms with E-state index in [1.807, 2.05) is 19.9 Å². The van der Waals surface area contributed by atoms with Crippen molar-refractivity contribution >= 4 is 11.8 Å². The molecule has 0 fully saturated rings. The van der Waals surface area contributed by atoms with Crippen LogP contribution in [0.4, 0.5) is 0 Å². The minimum atomic E-state index is -0.310. The molecule has 5 nitrogen and oxygen atoms in total. The second kappa shape index (κ2) is 6.16. The van der Waals surface area contributed by atoms with Gasteiger partial charge in [0.15, 0.2) is 0 Å². The molecule has 0 bridgehead atoms. The zero-order chi connectivity index (χ0) is 13.7. The molecular weight excluding hydrogens is 232 g/mol. The first-order valence-corrected chi connectivity index (χ1v) is 5.61. The summed E-state index contributed by atoms with van der Waals surface area (Å²) in [6.07, 6.45) is 0. The van der Waals surface area contributed by atoms with E-state index < -0.39 is 0 Å². The van der Waals surface area contributed by atoms with Gasteiger partial charge in [-0.3, -0.25) is 14.4 Å².